The van der Waals surface area contributed by atoms with E-state index in [9.17, 15) is 18.4 Å². The fourth-order valence-corrected chi connectivity index (χ4v) is 3.06. The van der Waals surface area contributed by atoms with Crippen molar-refractivity contribution in [2.45, 2.75) is 25.8 Å². The molecule has 7 heteroatoms. The van der Waals surface area contributed by atoms with Crippen molar-refractivity contribution < 1.29 is 28.2 Å². The summed E-state index contributed by atoms with van der Waals surface area (Å²) in [5, 5.41) is 9.09. The Labute approximate surface area is 155 Å². The molecule has 27 heavy (non-hydrogen) atoms. The van der Waals surface area contributed by atoms with E-state index >= 15 is 0 Å². The second-order valence-electron chi connectivity index (χ2n) is 6.38. The first-order valence-electron chi connectivity index (χ1n) is 8.65. The lowest BCUT2D eigenvalue weighted by Gasteiger charge is -2.29. The molecule has 0 unspecified atom stereocenters. The van der Waals surface area contributed by atoms with Crippen molar-refractivity contribution in [1.29, 1.82) is 0 Å². The number of halogens is 2. The summed E-state index contributed by atoms with van der Waals surface area (Å²) in [5.74, 6) is -2.55. The molecule has 0 aromatic heterocycles. The van der Waals surface area contributed by atoms with Gasteiger partial charge in [0.1, 0.15) is 5.82 Å². The van der Waals surface area contributed by atoms with Gasteiger partial charge in [-0.2, -0.15) is 0 Å². The number of carboxylic acids is 1. The lowest BCUT2D eigenvalue weighted by atomic mass is 9.97. The third-order valence-electron chi connectivity index (χ3n) is 4.50. The number of hydrogen-bond donors (Lipinski definition) is 1. The number of rotatable bonds is 6. The molecule has 1 N–H and O–H groups in total. The Bertz CT molecular complexity index is 869. The van der Waals surface area contributed by atoms with Crippen molar-refractivity contribution in [2.75, 3.05) is 13.2 Å². The Kier molecular flexibility index (Phi) is 5.69. The quantitative estimate of drug-likeness (QED) is 0.786. The van der Waals surface area contributed by atoms with Crippen molar-refractivity contribution >= 4 is 11.9 Å². The predicted octanol–water partition coefficient (Wildman–Crippen LogP) is 3.41. The van der Waals surface area contributed by atoms with Crippen LogP contribution in [0.3, 0.4) is 0 Å². The molecule has 0 radical (unpaired) electrons. The smallest absolute Gasteiger partial charge is 0.335 e. The molecule has 2 aromatic rings. The van der Waals surface area contributed by atoms with Gasteiger partial charge in [-0.1, -0.05) is 6.07 Å². The maximum Gasteiger partial charge on any atom is 0.335 e. The summed E-state index contributed by atoms with van der Waals surface area (Å²) in [6.45, 7) is 1.09. The molecule has 1 amide bonds. The molecule has 0 spiro atoms. The average Bonchev–Trinajstić information content (AvgIpc) is 2.65. The van der Waals surface area contributed by atoms with Crippen LogP contribution in [0.2, 0.25) is 0 Å². The van der Waals surface area contributed by atoms with Gasteiger partial charge in [-0.05, 0) is 48.2 Å². The van der Waals surface area contributed by atoms with Crippen molar-refractivity contribution in [3.63, 3.8) is 0 Å². The van der Waals surface area contributed by atoms with Gasteiger partial charge in [0.15, 0.2) is 11.6 Å². The molecule has 0 aliphatic carbocycles. The molecule has 3 rings (SSSR count). The Morgan fingerprint density at radius 3 is 2.67 bits per heavy atom. The number of aromatic carboxylic acids is 1. The monoisotopic (exact) mass is 375 g/mol. The van der Waals surface area contributed by atoms with Gasteiger partial charge in [-0.25, -0.2) is 13.6 Å². The van der Waals surface area contributed by atoms with Crippen LogP contribution in [0.25, 0.3) is 0 Å². The average molecular weight is 375 g/mol. The topological polar surface area (TPSA) is 66.8 Å². The molecular formula is C20H19F2NO4. The Morgan fingerprint density at radius 1 is 1.11 bits per heavy atom. The molecular weight excluding hydrogens is 356 g/mol. The first kappa shape index (κ1) is 18.8. The number of ether oxygens (including phenoxy) is 1. The number of hydrogen-bond acceptors (Lipinski definition) is 3. The summed E-state index contributed by atoms with van der Waals surface area (Å²) < 4.78 is 31.6. The van der Waals surface area contributed by atoms with Gasteiger partial charge in [0.2, 0.25) is 5.91 Å². The van der Waals surface area contributed by atoms with E-state index in [0.717, 1.165) is 23.3 Å². The summed E-state index contributed by atoms with van der Waals surface area (Å²) in [6.07, 6.45) is 1.31. The number of fused-ring (bicyclic) bond motifs is 1. The first-order chi connectivity index (χ1) is 12.9. The lowest BCUT2D eigenvalue weighted by molar-refractivity contribution is -0.132. The van der Waals surface area contributed by atoms with Crippen LogP contribution in [0.15, 0.2) is 36.4 Å². The fourth-order valence-electron chi connectivity index (χ4n) is 3.06. The summed E-state index contributed by atoms with van der Waals surface area (Å²) in [7, 11) is 0. The van der Waals surface area contributed by atoms with Crippen molar-refractivity contribution in [3.05, 3.63) is 64.7 Å². The van der Waals surface area contributed by atoms with Gasteiger partial charge in [0.05, 0.1) is 12.2 Å². The molecule has 5 nitrogen and oxygen atoms in total. The van der Waals surface area contributed by atoms with Crippen LogP contribution >= 0.6 is 0 Å². The van der Waals surface area contributed by atoms with Crippen LogP contribution in [0.4, 0.5) is 8.78 Å². The SMILES string of the molecule is O=C(O)c1ccc2c(c1)CN(C(=O)CCCOc1ccc(F)cc1F)CC2. The van der Waals surface area contributed by atoms with Crippen molar-refractivity contribution in [1.82, 2.24) is 4.90 Å². The highest BCUT2D eigenvalue weighted by Crippen LogP contribution is 2.22. The van der Waals surface area contributed by atoms with Gasteiger partial charge in [0.25, 0.3) is 0 Å². The number of carboxylic acid groups (broad SMARTS) is 1. The number of carbonyl (C=O) groups excluding carboxylic acids is 1. The van der Waals surface area contributed by atoms with Crippen LogP contribution in [0.5, 0.6) is 5.75 Å². The van der Waals surface area contributed by atoms with Gasteiger partial charge < -0.3 is 14.7 Å². The van der Waals surface area contributed by atoms with Crippen LogP contribution in [0, 0.1) is 11.6 Å². The van der Waals surface area contributed by atoms with Crippen LogP contribution in [-0.4, -0.2) is 35.0 Å². The van der Waals surface area contributed by atoms with Crippen molar-refractivity contribution in [2.24, 2.45) is 0 Å². The Hall–Kier alpha value is -2.96. The van der Waals surface area contributed by atoms with Crippen molar-refractivity contribution in [3.8, 4) is 5.75 Å². The molecule has 0 fully saturated rings. The maximum absolute atomic E-state index is 13.5. The molecule has 1 heterocycles. The van der Waals surface area contributed by atoms with Gasteiger partial charge >= 0.3 is 5.97 Å². The van der Waals surface area contributed by atoms with Crippen LogP contribution in [-0.2, 0) is 17.8 Å². The van der Waals surface area contributed by atoms with E-state index in [1.54, 1.807) is 23.1 Å². The molecule has 2 aromatic carbocycles. The highest BCUT2D eigenvalue weighted by atomic mass is 19.1. The first-order valence-corrected chi connectivity index (χ1v) is 8.65. The predicted molar refractivity (Wildman–Crippen MR) is 93.6 cm³/mol. The normalized spacial score (nSPS) is 13.2. The van der Waals surface area contributed by atoms with E-state index < -0.39 is 17.6 Å². The molecule has 0 saturated heterocycles. The molecule has 0 atom stereocenters. The molecule has 1 aliphatic heterocycles. The third-order valence-corrected chi connectivity index (χ3v) is 4.50. The summed E-state index contributed by atoms with van der Waals surface area (Å²) in [6, 6.07) is 8.05. The van der Waals surface area contributed by atoms with E-state index in [-0.39, 0.29) is 30.2 Å². The summed E-state index contributed by atoms with van der Waals surface area (Å²) in [4.78, 5) is 25.2. The standard InChI is InChI=1S/C20H19F2NO4/c21-16-5-6-18(17(22)11-16)27-9-1-2-19(24)23-8-7-13-3-4-14(20(25)26)10-15(13)12-23/h3-6,10-11H,1-2,7-9,12H2,(H,25,26). The van der Waals surface area contributed by atoms with Crippen LogP contribution in [0.1, 0.15) is 34.3 Å². The Balaban J connectivity index is 1.50. The second-order valence-corrected chi connectivity index (χ2v) is 6.38. The molecule has 1 aliphatic rings. The molecule has 0 bridgehead atoms. The molecule has 0 saturated carbocycles. The van der Waals surface area contributed by atoms with E-state index in [1.807, 2.05) is 0 Å². The van der Waals surface area contributed by atoms with E-state index in [4.69, 9.17) is 9.84 Å². The number of carbonyl (C=O) groups is 2. The number of amides is 1. The minimum absolute atomic E-state index is 0.0445. The third kappa shape index (κ3) is 4.61. The minimum Gasteiger partial charge on any atom is -0.491 e. The second kappa shape index (κ2) is 8.16. The minimum atomic E-state index is -0.994. The zero-order valence-electron chi connectivity index (χ0n) is 14.6. The number of nitrogens with zero attached hydrogens (tertiary/aromatic N) is 1. The lowest BCUT2D eigenvalue weighted by Crippen LogP contribution is -2.36. The van der Waals surface area contributed by atoms with Crippen LogP contribution < -0.4 is 4.74 Å². The zero-order valence-corrected chi connectivity index (χ0v) is 14.6. The number of benzene rings is 2. The highest BCUT2D eigenvalue weighted by Gasteiger charge is 2.21. The zero-order chi connectivity index (χ0) is 19.4. The van der Waals surface area contributed by atoms with E-state index in [0.29, 0.717) is 25.9 Å². The van der Waals surface area contributed by atoms with E-state index in [1.165, 1.54) is 6.07 Å². The Morgan fingerprint density at radius 2 is 1.93 bits per heavy atom. The highest BCUT2D eigenvalue weighted by molar-refractivity contribution is 5.88. The maximum atomic E-state index is 13.5. The van der Waals surface area contributed by atoms with Gasteiger partial charge in [-0.15, -0.1) is 0 Å². The van der Waals surface area contributed by atoms with E-state index in [2.05, 4.69) is 0 Å². The fraction of sp³-hybridized carbons (Fsp3) is 0.300. The summed E-state index contributed by atoms with van der Waals surface area (Å²) >= 11 is 0. The largest absolute Gasteiger partial charge is 0.491 e. The summed E-state index contributed by atoms with van der Waals surface area (Å²) in [5.41, 5.74) is 2.11. The molecule has 142 valence electrons. The van der Waals surface area contributed by atoms with Gasteiger partial charge in [0, 0.05) is 25.6 Å². The van der Waals surface area contributed by atoms with Gasteiger partial charge in [-0.3, -0.25) is 4.79 Å².